The Hall–Kier alpha value is -0.0900. The first-order valence-corrected chi connectivity index (χ1v) is 6.12. The molecule has 0 aromatic carbocycles. The Balaban J connectivity index is 0.00000112. The average molecular weight is 247 g/mol. The van der Waals surface area contributed by atoms with Crippen molar-refractivity contribution in [3.05, 3.63) is 21.9 Å². The molecule has 0 unspecified atom stereocenters. The summed E-state index contributed by atoms with van der Waals surface area (Å²) in [4.78, 5) is 4.07. The molecule has 0 amide bonds. The van der Waals surface area contributed by atoms with E-state index in [0.717, 1.165) is 13.1 Å². The summed E-state index contributed by atoms with van der Waals surface area (Å²) in [6.45, 7) is 9.09. The van der Waals surface area contributed by atoms with Crippen LogP contribution in [0.3, 0.4) is 0 Å². The van der Waals surface area contributed by atoms with Gasteiger partial charge in [0.1, 0.15) is 0 Å². The number of thiophene rings is 1. The highest BCUT2D eigenvalue weighted by atomic mass is 35.5. The zero-order chi connectivity index (χ0) is 9.97. The first-order valence-electron chi connectivity index (χ1n) is 5.24. The van der Waals surface area contributed by atoms with Crippen molar-refractivity contribution in [2.75, 3.05) is 19.6 Å². The minimum absolute atomic E-state index is 0. The highest BCUT2D eigenvalue weighted by Crippen LogP contribution is 2.18. The highest BCUT2D eigenvalue weighted by molar-refractivity contribution is 7.10. The number of halogens is 1. The van der Waals surface area contributed by atoms with Crippen LogP contribution in [0, 0.1) is 6.92 Å². The van der Waals surface area contributed by atoms with E-state index in [4.69, 9.17) is 0 Å². The summed E-state index contributed by atoms with van der Waals surface area (Å²) >= 11 is 1.88. The average Bonchev–Trinajstić information content (AvgIpc) is 2.52. The van der Waals surface area contributed by atoms with Crippen LogP contribution < -0.4 is 5.32 Å². The molecule has 1 aromatic heterocycles. The summed E-state index contributed by atoms with van der Waals surface area (Å²) in [5.74, 6) is 0. The van der Waals surface area contributed by atoms with E-state index in [1.165, 1.54) is 23.5 Å². The van der Waals surface area contributed by atoms with Gasteiger partial charge in [-0.2, -0.15) is 0 Å². The van der Waals surface area contributed by atoms with Crippen LogP contribution in [0.15, 0.2) is 11.4 Å². The molecule has 1 fully saturated rings. The van der Waals surface area contributed by atoms with Crippen LogP contribution in [0.2, 0.25) is 0 Å². The normalized spacial score (nSPS) is 22.4. The van der Waals surface area contributed by atoms with Gasteiger partial charge in [0, 0.05) is 37.1 Å². The van der Waals surface area contributed by atoms with Crippen molar-refractivity contribution in [3.8, 4) is 0 Å². The minimum Gasteiger partial charge on any atom is -0.312 e. The largest absolute Gasteiger partial charge is 0.312 e. The van der Waals surface area contributed by atoms with E-state index in [1.807, 2.05) is 11.3 Å². The van der Waals surface area contributed by atoms with Gasteiger partial charge in [-0.3, -0.25) is 4.90 Å². The van der Waals surface area contributed by atoms with E-state index in [-0.39, 0.29) is 12.4 Å². The van der Waals surface area contributed by atoms with Crippen LogP contribution in [-0.2, 0) is 6.54 Å². The van der Waals surface area contributed by atoms with E-state index in [2.05, 4.69) is 35.5 Å². The molecule has 4 heteroatoms. The van der Waals surface area contributed by atoms with Crippen LogP contribution in [0.5, 0.6) is 0 Å². The number of nitrogens with one attached hydrogen (secondary N) is 1. The Kier molecular flexibility index (Phi) is 5.06. The van der Waals surface area contributed by atoms with Crippen molar-refractivity contribution in [2.24, 2.45) is 0 Å². The smallest absolute Gasteiger partial charge is 0.0331 e. The molecule has 0 bridgehead atoms. The molecule has 1 aromatic rings. The van der Waals surface area contributed by atoms with Gasteiger partial charge in [-0.25, -0.2) is 0 Å². The summed E-state index contributed by atoms with van der Waals surface area (Å²) < 4.78 is 0. The zero-order valence-corrected chi connectivity index (χ0v) is 11.0. The number of piperazine rings is 1. The molecule has 0 radical (unpaired) electrons. The van der Waals surface area contributed by atoms with Crippen LogP contribution in [0.25, 0.3) is 0 Å². The molecule has 2 nitrogen and oxygen atoms in total. The monoisotopic (exact) mass is 246 g/mol. The Morgan fingerprint density at radius 3 is 3.00 bits per heavy atom. The van der Waals surface area contributed by atoms with Gasteiger partial charge in [0.15, 0.2) is 0 Å². The lowest BCUT2D eigenvalue weighted by Gasteiger charge is -2.31. The molecule has 86 valence electrons. The van der Waals surface area contributed by atoms with Gasteiger partial charge in [-0.05, 0) is 30.9 Å². The number of hydrogen-bond donors (Lipinski definition) is 1. The summed E-state index contributed by atoms with van der Waals surface area (Å²) in [5.41, 5.74) is 1.45. The molecule has 2 rings (SSSR count). The quantitative estimate of drug-likeness (QED) is 0.862. The first-order chi connectivity index (χ1) is 6.75. The Morgan fingerprint density at radius 2 is 2.40 bits per heavy atom. The van der Waals surface area contributed by atoms with Crippen molar-refractivity contribution < 1.29 is 0 Å². The summed E-state index contributed by atoms with van der Waals surface area (Å²) in [6, 6.07) is 2.86. The Morgan fingerprint density at radius 1 is 1.60 bits per heavy atom. The van der Waals surface area contributed by atoms with E-state index >= 15 is 0 Å². The Bertz CT molecular complexity index is 301. The number of nitrogens with zero attached hydrogens (tertiary/aromatic N) is 1. The third-order valence-electron chi connectivity index (χ3n) is 2.79. The second-order valence-corrected chi connectivity index (χ2v) is 5.12. The van der Waals surface area contributed by atoms with Crippen LogP contribution in [-0.4, -0.2) is 30.6 Å². The molecule has 15 heavy (non-hydrogen) atoms. The third kappa shape index (κ3) is 3.45. The van der Waals surface area contributed by atoms with Crippen molar-refractivity contribution in [1.29, 1.82) is 0 Å². The molecule has 1 aliphatic rings. The van der Waals surface area contributed by atoms with Crippen molar-refractivity contribution in [3.63, 3.8) is 0 Å². The standard InChI is InChI=1S/C11H18N2S.ClH/c1-9-3-6-14-11(9)8-13-5-4-12-10(2)7-13;/h3,6,10,12H,4-5,7-8H2,1-2H3;1H/t10-;/m0./s1. The van der Waals surface area contributed by atoms with Crippen molar-refractivity contribution >= 4 is 23.7 Å². The fourth-order valence-electron chi connectivity index (χ4n) is 1.92. The number of hydrogen-bond acceptors (Lipinski definition) is 3. The Labute approximate surface area is 102 Å². The SMILES string of the molecule is Cc1ccsc1CN1CCN[C@@H](C)C1.Cl. The van der Waals surface area contributed by atoms with Crippen LogP contribution in [0.4, 0.5) is 0 Å². The molecule has 1 aliphatic heterocycles. The molecule has 1 N–H and O–H groups in total. The molecular formula is C11H19ClN2S. The van der Waals surface area contributed by atoms with Gasteiger partial charge < -0.3 is 5.32 Å². The van der Waals surface area contributed by atoms with Crippen LogP contribution >= 0.6 is 23.7 Å². The van der Waals surface area contributed by atoms with E-state index in [0.29, 0.717) is 6.04 Å². The van der Waals surface area contributed by atoms with Gasteiger partial charge >= 0.3 is 0 Å². The maximum absolute atomic E-state index is 3.47. The van der Waals surface area contributed by atoms with Crippen molar-refractivity contribution in [1.82, 2.24) is 10.2 Å². The molecule has 1 saturated heterocycles. The summed E-state index contributed by atoms with van der Waals surface area (Å²) in [7, 11) is 0. The van der Waals surface area contributed by atoms with Gasteiger partial charge in [-0.1, -0.05) is 0 Å². The fourth-order valence-corrected chi connectivity index (χ4v) is 2.87. The van der Waals surface area contributed by atoms with E-state index in [9.17, 15) is 0 Å². The molecule has 2 heterocycles. The summed E-state index contributed by atoms with van der Waals surface area (Å²) in [6.07, 6.45) is 0. The number of rotatable bonds is 2. The van der Waals surface area contributed by atoms with E-state index < -0.39 is 0 Å². The topological polar surface area (TPSA) is 15.3 Å². The van der Waals surface area contributed by atoms with Crippen molar-refractivity contribution in [2.45, 2.75) is 26.4 Å². The second kappa shape index (κ2) is 5.85. The minimum atomic E-state index is 0. The molecular weight excluding hydrogens is 228 g/mol. The number of aryl methyl sites for hydroxylation is 1. The molecule has 0 spiro atoms. The second-order valence-electron chi connectivity index (χ2n) is 4.12. The van der Waals surface area contributed by atoms with E-state index in [1.54, 1.807) is 0 Å². The van der Waals surface area contributed by atoms with Gasteiger partial charge in [0.05, 0.1) is 0 Å². The lowest BCUT2D eigenvalue weighted by Crippen LogP contribution is -2.48. The maximum atomic E-state index is 3.47. The predicted octanol–water partition coefficient (Wildman–Crippen LogP) is 2.27. The zero-order valence-electron chi connectivity index (χ0n) is 9.32. The maximum Gasteiger partial charge on any atom is 0.0331 e. The van der Waals surface area contributed by atoms with Gasteiger partial charge in [-0.15, -0.1) is 23.7 Å². The lowest BCUT2D eigenvalue weighted by atomic mass is 10.2. The predicted molar refractivity (Wildman–Crippen MR) is 69.0 cm³/mol. The highest BCUT2D eigenvalue weighted by Gasteiger charge is 2.16. The molecule has 0 aliphatic carbocycles. The molecule has 0 saturated carbocycles. The molecule has 1 atom stereocenters. The van der Waals surface area contributed by atoms with Gasteiger partial charge in [0.25, 0.3) is 0 Å². The van der Waals surface area contributed by atoms with Gasteiger partial charge in [0.2, 0.25) is 0 Å². The lowest BCUT2D eigenvalue weighted by molar-refractivity contribution is 0.201. The van der Waals surface area contributed by atoms with Crippen LogP contribution in [0.1, 0.15) is 17.4 Å². The fraction of sp³-hybridized carbons (Fsp3) is 0.636. The first kappa shape index (κ1) is 13.0. The summed E-state index contributed by atoms with van der Waals surface area (Å²) in [5, 5.41) is 5.66. The third-order valence-corrected chi connectivity index (χ3v) is 3.80.